The molecule has 6 heteroatoms. The van der Waals surface area contributed by atoms with Gasteiger partial charge in [-0.15, -0.1) is 0 Å². The summed E-state index contributed by atoms with van der Waals surface area (Å²) in [4.78, 5) is 3.74. The summed E-state index contributed by atoms with van der Waals surface area (Å²) in [5, 5.41) is 8.02. The number of aromatic nitrogens is 2. The minimum atomic E-state index is 0.494. The molecule has 1 aliphatic heterocycles. The fourth-order valence-electron chi connectivity index (χ4n) is 3.62. The number of fused-ring (bicyclic) bond motifs is 1. The number of nitrogens with two attached hydrogens (primary N) is 1. The molecule has 6 nitrogen and oxygen atoms in total. The molecule has 0 saturated carbocycles. The number of benzene rings is 3. The third-order valence-corrected chi connectivity index (χ3v) is 5.14. The van der Waals surface area contributed by atoms with E-state index in [1.807, 2.05) is 85.1 Å². The van der Waals surface area contributed by atoms with E-state index in [4.69, 9.17) is 22.1 Å². The Kier molecular flexibility index (Phi) is 4.62. The molecule has 0 aliphatic carbocycles. The molecule has 2 heterocycles. The molecule has 0 bridgehead atoms. The third-order valence-electron chi connectivity index (χ3n) is 5.14. The predicted octanol–water partition coefficient (Wildman–Crippen LogP) is 5.90. The molecular formula is C25H19N5O. The van der Waals surface area contributed by atoms with Gasteiger partial charge in [0.25, 0.3) is 5.69 Å². The number of hydrogen-bond acceptors (Lipinski definition) is 4. The summed E-state index contributed by atoms with van der Waals surface area (Å²) in [6.45, 7) is 8.27. The van der Waals surface area contributed by atoms with E-state index in [0.29, 0.717) is 29.4 Å². The summed E-state index contributed by atoms with van der Waals surface area (Å²) in [5.41, 5.74) is 10.8. The number of para-hydroxylation sites is 2. The summed E-state index contributed by atoms with van der Waals surface area (Å²) >= 11 is 0. The van der Waals surface area contributed by atoms with Crippen molar-refractivity contribution >= 4 is 29.0 Å². The molecule has 1 aliphatic rings. The maximum absolute atomic E-state index is 7.70. The molecule has 0 saturated heterocycles. The van der Waals surface area contributed by atoms with Crippen LogP contribution in [0.2, 0.25) is 0 Å². The van der Waals surface area contributed by atoms with E-state index in [0.717, 1.165) is 28.2 Å². The third kappa shape index (κ3) is 3.49. The molecule has 0 spiro atoms. The molecule has 0 atom stereocenters. The van der Waals surface area contributed by atoms with Crippen LogP contribution in [0.15, 0.2) is 78.9 Å². The Morgan fingerprint density at radius 3 is 2.39 bits per heavy atom. The Morgan fingerprint density at radius 2 is 1.65 bits per heavy atom. The van der Waals surface area contributed by atoms with Crippen LogP contribution >= 0.6 is 0 Å². The first kappa shape index (κ1) is 18.5. The predicted molar refractivity (Wildman–Crippen MR) is 124 cm³/mol. The molecule has 3 aromatic carbocycles. The van der Waals surface area contributed by atoms with Crippen LogP contribution in [-0.2, 0) is 0 Å². The average Bonchev–Trinajstić information content (AvgIpc) is 3.18. The highest BCUT2D eigenvalue weighted by atomic mass is 16.5. The molecule has 1 aromatic heterocycles. The molecule has 0 radical (unpaired) electrons. The van der Waals surface area contributed by atoms with Crippen molar-refractivity contribution in [1.82, 2.24) is 9.78 Å². The van der Waals surface area contributed by atoms with Gasteiger partial charge >= 0.3 is 0 Å². The minimum Gasteiger partial charge on any atom is -0.457 e. The zero-order valence-electron chi connectivity index (χ0n) is 16.6. The van der Waals surface area contributed by atoms with Gasteiger partial charge in [0.05, 0.1) is 6.57 Å². The van der Waals surface area contributed by atoms with Gasteiger partial charge in [0.1, 0.15) is 23.0 Å². The molecule has 5 rings (SSSR count). The van der Waals surface area contributed by atoms with Crippen LogP contribution in [-0.4, -0.2) is 16.3 Å². The summed E-state index contributed by atoms with van der Waals surface area (Å²) in [6.07, 6.45) is 1.93. The van der Waals surface area contributed by atoms with E-state index in [1.165, 1.54) is 0 Å². The van der Waals surface area contributed by atoms with Crippen LogP contribution in [0.3, 0.4) is 0 Å². The molecule has 4 aromatic rings. The van der Waals surface area contributed by atoms with Crippen molar-refractivity contribution in [3.63, 3.8) is 0 Å². The Hall–Kier alpha value is -4.50. The van der Waals surface area contributed by atoms with Crippen LogP contribution in [0.25, 0.3) is 27.9 Å². The smallest absolute Gasteiger partial charge is 0.255 e. The number of ether oxygens (including phenoxy) is 1. The molecule has 0 amide bonds. The van der Waals surface area contributed by atoms with Gasteiger partial charge in [0.2, 0.25) is 0 Å². The van der Waals surface area contributed by atoms with Gasteiger partial charge in [-0.05, 0) is 41.5 Å². The van der Waals surface area contributed by atoms with Gasteiger partial charge in [0, 0.05) is 24.0 Å². The molecule has 0 fully saturated rings. The number of hydrogen-bond donors (Lipinski definition) is 2. The van der Waals surface area contributed by atoms with Crippen LogP contribution in [0.4, 0.5) is 17.2 Å². The lowest BCUT2D eigenvalue weighted by atomic mass is 10.0. The lowest BCUT2D eigenvalue weighted by Gasteiger charge is -2.18. The molecular weight excluding hydrogens is 386 g/mol. The summed E-state index contributed by atoms with van der Waals surface area (Å²) < 4.78 is 7.59. The van der Waals surface area contributed by atoms with E-state index in [9.17, 15) is 0 Å². The van der Waals surface area contributed by atoms with Crippen LogP contribution in [0.1, 0.15) is 5.56 Å². The van der Waals surface area contributed by atoms with Crippen LogP contribution < -0.4 is 15.8 Å². The lowest BCUT2D eigenvalue weighted by molar-refractivity contribution is 0.483. The Morgan fingerprint density at radius 1 is 0.935 bits per heavy atom. The van der Waals surface area contributed by atoms with E-state index < -0.39 is 0 Å². The second kappa shape index (κ2) is 7.73. The fraction of sp³-hybridized carbons (Fsp3) is 0.0400. The van der Waals surface area contributed by atoms with Crippen molar-refractivity contribution in [2.75, 3.05) is 17.6 Å². The molecule has 3 N–H and O–H groups in total. The van der Waals surface area contributed by atoms with Crippen LogP contribution in [0.5, 0.6) is 11.5 Å². The summed E-state index contributed by atoms with van der Waals surface area (Å²) in [5.74, 6) is 2.19. The fourth-order valence-corrected chi connectivity index (χ4v) is 3.62. The van der Waals surface area contributed by atoms with Crippen LogP contribution in [0, 0.1) is 6.57 Å². The minimum absolute atomic E-state index is 0.494. The quantitative estimate of drug-likeness (QED) is 0.328. The zero-order chi connectivity index (χ0) is 21.2. The van der Waals surface area contributed by atoms with Gasteiger partial charge in [-0.25, -0.2) is 9.53 Å². The van der Waals surface area contributed by atoms with Crippen molar-refractivity contribution in [3.8, 4) is 22.8 Å². The normalized spacial score (nSPS) is 12.3. The van der Waals surface area contributed by atoms with E-state index in [2.05, 4.69) is 10.2 Å². The molecule has 31 heavy (non-hydrogen) atoms. The van der Waals surface area contributed by atoms with Gasteiger partial charge in [-0.3, -0.25) is 0 Å². The maximum atomic E-state index is 7.70. The van der Waals surface area contributed by atoms with Gasteiger partial charge in [-0.2, -0.15) is 5.10 Å². The number of nitrogens with zero attached hydrogens (tertiary/aromatic N) is 3. The average molecular weight is 405 g/mol. The SMILES string of the molecule is [C-]#[N+]c1c(-c2ccc(Oc3ccccc3)cc2)nn2c1NCC(c1ccccc1N)=C2. The van der Waals surface area contributed by atoms with Gasteiger partial charge < -0.3 is 15.8 Å². The van der Waals surface area contributed by atoms with Crippen molar-refractivity contribution < 1.29 is 4.74 Å². The standard InChI is InChI=1S/C25H19N5O/c1-27-24-23(17-11-13-20(14-12-17)31-19-7-3-2-4-8-19)29-30-16-18(15-28-25(24)30)21-9-5-6-10-22(21)26/h2-14,16,28H,15,26H2. The Balaban J connectivity index is 1.48. The topological polar surface area (TPSA) is 69.5 Å². The van der Waals surface area contributed by atoms with Crippen molar-refractivity contribution in [3.05, 3.63) is 95.8 Å². The Bertz CT molecular complexity index is 1310. The Labute approximate surface area is 180 Å². The van der Waals surface area contributed by atoms with Gasteiger partial charge in [-0.1, -0.05) is 48.5 Å². The largest absolute Gasteiger partial charge is 0.457 e. The zero-order valence-corrected chi connectivity index (χ0v) is 16.6. The van der Waals surface area contributed by atoms with E-state index in [-0.39, 0.29) is 0 Å². The summed E-state index contributed by atoms with van der Waals surface area (Å²) in [7, 11) is 0. The monoisotopic (exact) mass is 405 g/mol. The van der Waals surface area contributed by atoms with Crippen molar-refractivity contribution in [2.45, 2.75) is 0 Å². The second-order valence-corrected chi connectivity index (χ2v) is 7.14. The number of nitrogen functional groups attached to an aromatic ring is 1. The first-order valence-corrected chi connectivity index (χ1v) is 9.85. The number of nitrogens with one attached hydrogen (secondary N) is 1. The van der Waals surface area contributed by atoms with Crippen molar-refractivity contribution in [2.24, 2.45) is 0 Å². The second-order valence-electron chi connectivity index (χ2n) is 7.14. The van der Waals surface area contributed by atoms with Gasteiger partial charge in [0.15, 0.2) is 0 Å². The lowest BCUT2D eigenvalue weighted by Crippen LogP contribution is -2.14. The first-order chi connectivity index (χ1) is 15.2. The van der Waals surface area contributed by atoms with Crippen molar-refractivity contribution in [1.29, 1.82) is 0 Å². The molecule has 150 valence electrons. The summed E-state index contributed by atoms with van der Waals surface area (Å²) in [6, 6.07) is 25.0. The first-order valence-electron chi connectivity index (χ1n) is 9.85. The number of anilines is 2. The van der Waals surface area contributed by atoms with E-state index >= 15 is 0 Å². The highest BCUT2D eigenvalue weighted by Crippen LogP contribution is 2.40. The maximum Gasteiger partial charge on any atom is 0.255 e. The highest BCUT2D eigenvalue weighted by molar-refractivity contribution is 5.92. The number of rotatable bonds is 4. The van der Waals surface area contributed by atoms with E-state index in [1.54, 1.807) is 4.68 Å². The molecule has 0 unspecified atom stereocenters. The highest BCUT2D eigenvalue weighted by Gasteiger charge is 2.22.